The standard InChI is InChI=1S/C54H38N4/c1-54(2)46-29-13-11-27-43(46)48-45-32-31-35-17-9-10-26-42(35)49(45)58(50(48)44-28-12-14-30-47(44)54)41-25-16-23-39(34-41)38-22-15-24-40(33-38)53-56-51(36-18-5-3-6-19-36)55-52(57-53)37-20-7-4-8-21-37/h3-34H,1-2H3. The fourth-order valence-electron chi connectivity index (χ4n) is 9.06. The van der Waals surface area contributed by atoms with Crippen molar-refractivity contribution in [3.63, 3.8) is 0 Å². The number of rotatable bonds is 5. The average molecular weight is 743 g/mol. The number of aromatic nitrogens is 4. The second kappa shape index (κ2) is 13.4. The molecule has 0 radical (unpaired) electrons. The van der Waals surface area contributed by atoms with E-state index < -0.39 is 0 Å². The third kappa shape index (κ3) is 5.41. The molecule has 0 unspecified atom stereocenters. The first-order chi connectivity index (χ1) is 28.5. The summed E-state index contributed by atoms with van der Waals surface area (Å²) in [6, 6.07) is 69.2. The summed E-state index contributed by atoms with van der Waals surface area (Å²) in [5, 5.41) is 3.70. The molecule has 0 N–H and O–H groups in total. The van der Waals surface area contributed by atoms with Crippen molar-refractivity contribution in [2.45, 2.75) is 19.3 Å². The summed E-state index contributed by atoms with van der Waals surface area (Å²) in [7, 11) is 0. The van der Waals surface area contributed by atoms with E-state index in [1.165, 1.54) is 55.2 Å². The summed E-state index contributed by atoms with van der Waals surface area (Å²) in [4.78, 5) is 15.0. The summed E-state index contributed by atoms with van der Waals surface area (Å²) in [6.45, 7) is 4.73. The Morgan fingerprint density at radius 3 is 1.62 bits per heavy atom. The van der Waals surface area contributed by atoms with Crippen LogP contribution in [0.3, 0.4) is 0 Å². The van der Waals surface area contributed by atoms with Crippen LogP contribution < -0.4 is 0 Å². The van der Waals surface area contributed by atoms with Crippen molar-refractivity contribution in [3.8, 4) is 73.4 Å². The molecular weight excluding hydrogens is 705 g/mol. The molecule has 0 spiro atoms. The van der Waals surface area contributed by atoms with Crippen molar-refractivity contribution in [2.24, 2.45) is 0 Å². The van der Waals surface area contributed by atoms with Gasteiger partial charge in [-0.1, -0.05) is 190 Å². The van der Waals surface area contributed by atoms with E-state index in [1.54, 1.807) is 0 Å². The Kier molecular flexibility index (Phi) is 7.80. The minimum atomic E-state index is -0.210. The molecule has 274 valence electrons. The van der Waals surface area contributed by atoms with Crippen LogP contribution >= 0.6 is 0 Å². The van der Waals surface area contributed by atoms with Gasteiger partial charge in [0.1, 0.15) is 0 Å². The zero-order valence-corrected chi connectivity index (χ0v) is 32.3. The Hall–Kier alpha value is -7.43. The molecule has 0 fully saturated rings. The fourth-order valence-corrected chi connectivity index (χ4v) is 9.06. The van der Waals surface area contributed by atoms with Gasteiger partial charge in [0.05, 0.1) is 11.2 Å². The maximum atomic E-state index is 5.04. The molecule has 11 rings (SSSR count). The van der Waals surface area contributed by atoms with Gasteiger partial charge in [-0.3, -0.25) is 0 Å². The van der Waals surface area contributed by atoms with Crippen molar-refractivity contribution >= 4 is 21.7 Å². The Morgan fingerprint density at radius 1 is 0.397 bits per heavy atom. The molecule has 8 aromatic carbocycles. The Balaban J connectivity index is 1.13. The second-order valence-corrected chi connectivity index (χ2v) is 15.6. The monoisotopic (exact) mass is 742 g/mol. The van der Waals surface area contributed by atoms with Gasteiger partial charge in [0.25, 0.3) is 0 Å². The highest BCUT2D eigenvalue weighted by Gasteiger charge is 2.36. The van der Waals surface area contributed by atoms with E-state index in [9.17, 15) is 0 Å². The average Bonchev–Trinajstić information content (AvgIpc) is 3.61. The smallest absolute Gasteiger partial charge is 0.164 e. The molecule has 0 aliphatic heterocycles. The SMILES string of the molecule is CC1(C)c2ccccc2-c2c(n(-c3cccc(-c4cccc(-c5nc(-c6ccccc6)nc(-c6ccccc6)n5)c4)c3)c3c2ccc2ccccc23)-c2ccccc21. The lowest BCUT2D eigenvalue weighted by molar-refractivity contribution is 0.646. The quantitative estimate of drug-likeness (QED) is 0.176. The third-order valence-electron chi connectivity index (χ3n) is 11.8. The van der Waals surface area contributed by atoms with E-state index in [1.807, 2.05) is 60.7 Å². The predicted molar refractivity (Wildman–Crippen MR) is 239 cm³/mol. The van der Waals surface area contributed by atoms with Crippen molar-refractivity contribution in [3.05, 3.63) is 205 Å². The molecule has 4 nitrogen and oxygen atoms in total. The number of hydrogen-bond donors (Lipinski definition) is 0. The lowest BCUT2D eigenvalue weighted by Crippen LogP contribution is -2.20. The lowest BCUT2D eigenvalue weighted by Gasteiger charge is -2.28. The minimum absolute atomic E-state index is 0.210. The highest BCUT2D eigenvalue weighted by molar-refractivity contribution is 6.17. The van der Waals surface area contributed by atoms with Gasteiger partial charge >= 0.3 is 0 Å². The molecule has 2 aromatic heterocycles. The van der Waals surface area contributed by atoms with Crippen molar-refractivity contribution in [2.75, 3.05) is 0 Å². The van der Waals surface area contributed by atoms with E-state index in [0.717, 1.165) is 33.5 Å². The number of nitrogens with zero attached hydrogens (tertiary/aromatic N) is 4. The molecule has 2 heterocycles. The van der Waals surface area contributed by atoms with E-state index in [-0.39, 0.29) is 5.41 Å². The van der Waals surface area contributed by atoms with Crippen LogP contribution in [-0.4, -0.2) is 19.5 Å². The number of fused-ring (bicyclic) bond motifs is 9. The first-order valence-corrected chi connectivity index (χ1v) is 19.9. The summed E-state index contributed by atoms with van der Waals surface area (Å²) in [5.74, 6) is 1.93. The molecule has 0 bridgehead atoms. The van der Waals surface area contributed by atoms with Crippen molar-refractivity contribution < 1.29 is 0 Å². The van der Waals surface area contributed by atoms with Gasteiger partial charge in [0.2, 0.25) is 0 Å². The van der Waals surface area contributed by atoms with E-state index in [4.69, 9.17) is 15.0 Å². The molecule has 4 heteroatoms. The highest BCUT2D eigenvalue weighted by Crippen LogP contribution is 2.53. The first-order valence-electron chi connectivity index (χ1n) is 19.9. The van der Waals surface area contributed by atoms with E-state index in [0.29, 0.717) is 17.5 Å². The second-order valence-electron chi connectivity index (χ2n) is 15.6. The Labute approximate surface area is 337 Å². The van der Waals surface area contributed by atoms with Gasteiger partial charge in [0.15, 0.2) is 17.5 Å². The predicted octanol–water partition coefficient (Wildman–Crippen LogP) is 13.6. The summed E-state index contributed by atoms with van der Waals surface area (Å²) in [6.07, 6.45) is 0. The van der Waals surface area contributed by atoms with Gasteiger partial charge in [-0.15, -0.1) is 0 Å². The van der Waals surface area contributed by atoms with Crippen LogP contribution in [0.25, 0.3) is 95.0 Å². The summed E-state index contributed by atoms with van der Waals surface area (Å²) in [5.41, 5.74) is 14.8. The molecule has 0 saturated carbocycles. The van der Waals surface area contributed by atoms with E-state index >= 15 is 0 Å². The van der Waals surface area contributed by atoms with Crippen LogP contribution in [-0.2, 0) is 5.41 Å². The molecule has 1 aliphatic rings. The highest BCUT2D eigenvalue weighted by atomic mass is 15.0. The molecule has 10 aromatic rings. The van der Waals surface area contributed by atoms with E-state index in [2.05, 4.69) is 152 Å². The van der Waals surface area contributed by atoms with Gasteiger partial charge < -0.3 is 4.57 Å². The van der Waals surface area contributed by atoms with Crippen LogP contribution in [0.1, 0.15) is 25.0 Å². The molecular formula is C54H38N4. The molecule has 58 heavy (non-hydrogen) atoms. The Bertz CT molecular complexity index is 3140. The molecule has 0 saturated heterocycles. The van der Waals surface area contributed by atoms with Gasteiger partial charge in [-0.2, -0.15) is 0 Å². The summed E-state index contributed by atoms with van der Waals surface area (Å²) < 4.78 is 2.53. The zero-order valence-electron chi connectivity index (χ0n) is 32.3. The first kappa shape index (κ1) is 33.9. The van der Waals surface area contributed by atoms with Crippen LogP contribution in [0.4, 0.5) is 0 Å². The molecule has 0 atom stereocenters. The summed E-state index contributed by atoms with van der Waals surface area (Å²) >= 11 is 0. The fraction of sp³-hybridized carbons (Fsp3) is 0.0556. The minimum Gasteiger partial charge on any atom is -0.308 e. The zero-order chi connectivity index (χ0) is 38.8. The van der Waals surface area contributed by atoms with Crippen LogP contribution in [0.15, 0.2) is 194 Å². The normalized spacial score (nSPS) is 12.8. The number of hydrogen-bond acceptors (Lipinski definition) is 3. The largest absolute Gasteiger partial charge is 0.308 e. The lowest BCUT2D eigenvalue weighted by atomic mass is 9.75. The maximum absolute atomic E-state index is 5.04. The van der Waals surface area contributed by atoms with Gasteiger partial charge in [-0.05, 0) is 51.4 Å². The van der Waals surface area contributed by atoms with Crippen LogP contribution in [0.2, 0.25) is 0 Å². The maximum Gasteiger partial charge on any atom is 0.164 e. The van der Waals surface area contributed by atoms with Crippen LogP contribution in [0.5, 0.6) is 0 Å². The van der Waals surface area contributed by atoms with Crippen molar-refractivity contribution in [1.82, 2.24) is 19.5 Å². The van der Waals surface area contributed by atoms with Gasteiger partial charge in [-0.25, -0.2) is 15.0 Å². The molecule has 0 amide bonds. The van der Waals surface area contributed by atoms with Gasteiger partial charge in [0, 0.05) is 49.7 Å². The number of benzene rings is 8. The molecule has 1 aliphatic carbocycles. The van der Waals surface area contributed by atoms with Crippen molar-refractivity contribution in [1.29, 1.82) is 0 Å². The Morgan fingerprint density at radius 2 is 0.914 bits per heavy atom. The van der Waals surface area contributed by atoms with Crippen LogP contribution in [0, 0.1) is 0 Å². The topological polar surface area (TPSA) is 43.6 Å². The third-order valence-corrected chi connectivity index (χ3v) is 11.8.